The first kappa shape index (κ1) is 15.0. The topological polar surface area (TPSA) is 110 Å². The Hall–Kier alpha value is -2.38. The second-order valence-electron chi connectivity index (χ2n) is 3.68. The van der Waals surface area contributed by atoms with Crippen molar-refractivity contribution in [2.75, 3.05) is 0 Å². The van der Waals surface area contributed by atoms with Crippen molar-refractivity contribution < 1.29 is 24.5 Å². The third-order valence-corrected chi connectivity index (χ3v) is 2.84. The van der Waals surface area contributed by atoms with Gasteiger partial charge in [-0.05, 0) is 12.1 Å². The van der Waals surface area contributed by atoms with Gasteiger partial charge < -0.3 is 14.9 Å². The van der Waals surface area contributed by atoms with Crippen molar-refractivity contribution >= 4 is 35.1 Å². The van der Waals surface area contributed by atoms with E-state index in [0.29, 0.717) is 0 Å². The van der Waals surface area contributed by atoms with Crippen LogP contribution in [0.1, 0.15) is 21.0 Å². The normalized spacial score (nSPS) is 10.2. The number of esters is 2. The smallest absolute Gasteiger partial charge is 0.366 e. The fourth-order valence-corrected chi connectivity index (χ4v) is 1.70. The zero-order chi connectivity index (χ0) is 15.6. The van der Waals surface area contributed by atoms with E-state index in [0.717, 1.165) is 12.1 Å². The van der Waals surface area contributed by atoms with E-state index < -0.39 is 35.1 Å². The maximum absolute atomic E-state index is 11.8. The Bertz CT molecular complexity index is 674. The molecule has 9 heteroatoms. The largest absolute Gasteiger partial charge is 0.493 e. The summed E-state index contributed by atoms with van der Waals surface area (Å²) in [6.45, 7) is 0. The van der Waals surface area contributed by atoms with E-state index in [2.05, 4.69) is 14.7 Å². The van der Waals surface area contributed by atoms with Crippen molar-refractivity contribution in [3.63, 3.8) is 0 Å². The number of carbonyl (C=O) groups is 2. The van der Waals surface area contributed by atoms with Gasteiger partial charge in [-0.3, -0.25) is 0 Å². The number of ether oxygens (including phenoxy) is 1. The van der Waals surface area contributed by atoms with E-state index in [1.807, 2.05) is 0 Å². The van der Waals surface area contributed by atoms with E-state index in [9.17, 15) is 19.8 Å². The van der Waals surface area contributed by atoms with Crippen LogP contribution in [0.25, 0.3) is 0 Å². The van der Waals surface area contributed by atoms with Crippen LogP contribution < -0.4 is 0 Å². The maximum Gasteiger partial charge on any atom is 0.366 e. The lowest BCUT2D eigenvalue weighted by molar-refractivity contribution is 0.0388. The molecule has 108 valence electrons. The van der Waals surface area contributed by atoms with Crippen LogP contribution in [0.3, 0.4) is 0 Å². The third-order valence-electron chi connectivity index (χ3n) is 2.23. The molecular weight excluding hydrogens is 323 g/mol. The first-order chi connectivity index (χ1) is 9.88. The van der Waals surface area contributed by atoms with Gasteiger partial charge in [0, 0.05) is 12.1 Å². The molecule has 0 aromatic carbocycles. The van der Waals surface area contributed by atoms with Crippen LogP contribution in [0.2, 0.25) is 10.0 Å². The minimum absolute atomic E-state index is 0.111. The predicted molar refractivity (Wildman–Crippen MR) is 71.6 cm³/mol. The van der Waals surface area contributed by atoms with Crippen molar-refractivity contribution in [3.8, 4) is 11.8 Å². The lowest BCUT2D eigenvalue weighted by atomic mass is 10.3. The highest BCUT2D eigenvalue weighted by molar-refractivity contribution is 6.34. The van der Waals surface area contributed by atoms with Crippen molar-refractivity contribution in [2.24, 2.45) is 0 Å². The number of aromatic nitrogens is 2. The number of hydrogen-bond acceptors (Lipinski definition) is 7. The lowest BCUT2D eigenvalue weighted by Gasteiger charge is -2.05. The molecular formula is C12H6Cl2N2O5. The molecule has 0 radical (unpaired) electrons. The van der Waals surface area contributed by atoms with Gasteiger partial charge in [0.05, 0.1) is 10.0 Å². The van der Waals surface area contributed by atoms with Gasteiger partial charge in [0.15, 0.2) is 11.4 Å². The van der Waals surface area contributed by atoms with Crippen molar-refractivity contribution in [2.45, 2.75) is 0 Å². The Balaban J connectivity index is 2.25. The van der Waals surface area contributed by atoms with Crippen LogP contribution in [-0.4, -0.2) is 32.1 Å². The minimum Gasteiger partial charge on any atom is -0.493 e. The number of rotatable bonds is 2. The number of nitrogens with zero attached hydrogens (tertiary/aromatic N) is 2. The Labute approximate surface area is 127 Å². The Morgan fingerprint density at radius 2 is 1.24 bits per heavy atom. The molecule has 0 atom stereocenters. The highest BCUT2D eigenvalue weighted by atomic mass is 35.5. The van der Waals surface area contributed by atoms with E-state index in [4.69, 9.17) is 23.2 Å². The summed E-state index contributed by atoms with van der Waals surface area (Å²) in [5.41, 5.74) is -0.886. The molecule has 7 nitrogen and oxygen atoms in total. The molecule has 0 aliphatic rings. The third kappa shape index (κ3) is 3.39. The Morgan fingerprint density at radius 3 is 1.62 bits per heavy atom. The van der Waals surface area contributed by atoms with Gasteiger partial charge in [0.25, 0.3) is 0 Å². The van der Waals surface area contributed by atoms with Gasteiger partial charge in [0.1, 0.15) is 0 Å². The summed E-state index contributed by atoms with van der Waals surface area (Å²) in [6, 6.07) is 4.75. The second-order valence-corrected chi connectivity index (χ2v) is 4.49. The van der Waals surface area contributed by atoms with Crippen LogP contribution in [0.15, 0.2) is 24.3 Å². The van der Waals surface area contributed by atoms with Gasteiger partial charge in [-0.1, -0.05) is 23.2 Å². The quantitative estimate of drug-likeness (QED) is 0.642. The number of hydrogen-bond donors (Lipinski definition) is 2. The molecule has 2 N–H and O–H groups in total. The molecule has 21 heavy (non-hydrogen) atoms. The second kappa shape index (κ2) is 5.94. The lowest BCUT2D eigenvalue weighted by Crippen LogP contribution is -2.16. The zero-order valence-corrected chi connectivity index (χ0v) is 11.6. The van der Waals surface area contributed by atoms with Crippen molar-refractivity contribution in [3.05, 3.63) is 45.7 Å². The molecule has 0 spiro atoms. The van der Waals surface area contributed by atoms with Crippen molar-refractivity contribution in [1.82, 2.24) is 9.97 Å². The summed E-state index contributed by atoms with van der Waals surface area (Å²) in [4.78, 5) is 30.4. The molecule has 2 heterocycles. The highest BCUT2D eigenvalue weighted by Gasteiger charge is 2.22. The zero-order valence-electron chi connectivity index (χ0n) is 10.1. The first-order valence-electron chi connectivity index (χ1n) is 5.36. The van der Waals surface area contributed by atoms with Crippen molar-refractivity contribution in [1.29, 1.82) is 0 Å². The summed E-state index contributed by atoms with van der Waals surface area (Å²) >= 11 is 11.4. The number of carbonyl (C=O) groups excluding carboxylic acids is 2. The molecule has 0 fully saturated rings. The number of halogens is 2. The molecule has 0 aliphatic heterocycles. The van der Waals surface area contributed by atoms with E-state index in [1.54, 1.807) is 0 Å². The SMILES string of the molecule is O=C(OC(=O)c1nc(O)ccc1Cl)c1nc(O)ccc1Cl. The molecule has 0 aliphatic carbocycles. The van der Waals surface area contributed by atoms with Crippen LogP contribution in [-0.2, 0) is 4.74 Å². The molecule has 0 unspecified atom stereocenters. The standard InChI is InChI=1S/C12H6Cl2N2O5/c13-5-1-3-7(17)15-9(5)11(19)21-12(20)10-6(14)2-4-8(18)16-10/h1-4H,(H,15,17)(H,16,18). The summed E-state index contributed by atoms with van der Waals surface area (Å²) in [5.74, 6) is -3.32. The molecule has 2 aromatic heterocycles. The molecule has 0 amide bonds. The van der Waals surface area contributed by atoms with E-state index in [1.165, 1.54) is 12.1 Å². The van der Waals surface area contributed by atoms with Gasteiger partial charge in [-0.25, -0.2) is 19.6 Å². The van der Waals surface area contributed by atoms with Gasteiger partial charge >= 0.3 is 11.9 Å². The molecule has 2 rings (SSSR count). The average molecular weight is 329 g/mol. The van der Waals surface area contributed by atoms with Crippen LogP contribution >= 0.6 is 23.2 Å². The summed E-state index contributed by atoms with van der Waals surface area (Å²) in [5, 5.41) is 18.2. The van der Waals surface area contributed by atoms with Crippen LogP contribution in [0, 0.1) is 0 Å². The minimum atomic E-state index is -1.19. The highest BCUT2D eigenvalue weighted by Crippen LogP contribution is 2.21. The van der Waals surface area contributed by atoms with Crippen LogP contribution in [0.5, 0.6) is 11.8 Å². The van der Waals surface area contributed by atoms with E-state index in [-0.39, 0.29) is 10.0 Å². The molecule has 0 saturated heterocycles. The number of aromatic hydroxyl groups is 2. The molecule has 0 bridgehead atoms. The first-order valence-corrected chi connectivity index (χ1v) is 6.11. The van der Waals surface area contributed by atoms with Gasteiger partial charge in [-0.15, -0.1) is 0 Å². The molecule has 0 saturated carbocycles. The number of pyridine rings is 2. The summed E-state index contributed by atoms with van der Waals surface area (Å²) < 4.78 is 4.50. The summed E-state index contributed by atoms with van der Waals surface area (Å²) in [7, 11) is 0. The summed E-state index contributed by atoms with van der Waals surface area (Å²) in [6.07, 6.45) is 0. The maximum atomic E-state index is 11.8. The van der Waals surface area contributed by atoms with Gasteiger partial charge in [-0.2, -0.15) is 0 Å². The Morgan fingerprint density at radius 1 is 0.857 bits per heavy atom. The average Bonchev–Trinajstić information content (AvgIpc) is 2.43. The van der Waals surface area contributed by atoms with Crippen LogP contribution in [0.4, 0.5) is 0 Å². The fraction of sp³-hybridized carbons (Fsp3) is 0. The Kier molecular flexibility index (Phi) is 4.25. The predicted octanol–water partition coefficient (Wildman–Crippen LogP) is 2.19. The monoisotopic (exact) mass is 328 g/mol. The van der Waals surface area contributed by atoms with E-state index >= 15 is 0 Å². The fourth-order valence-electron chi connectivity index (χ4n) is 1.33. The van der Waals surface area contributed by atoms with Gasteiger partial charge in [0.2, 0.25) is 11.8 Å². The molecule has 2 aromatic rings.